The topological polar surface area (TPSA) is 73.3 Å². The molecule has 1 aromatic heterocycles. The molecule has 0 atom stereocenters. The largest absolute Gasteiger partial charge is 0.506 e. The van der Waals surface area contributed by atoms with Gasteiger partial charge in [0.15, 0.2) is 0 Å². The van der Waals surface area contributed by atoms with E-state index in [1.807, 2.05) is 0 Å². The summed E-state index contributed by atoms with van der Waals surface area (Å²) >= 11 is 5.73. The average Bonchev–Trinajstić information content (AvgIpc) is 2.80. The van der Waals surface area contributed by atoms with E-state index in [0.717, 1.165) is 23.7 Å². The molecule has 0 bridgehead atoms. The van der Waals surface area contributed by atoms with E-state index in [0.29, 0.717) is 11.4 Å². The summed E-state index contributed by atoms with van der Waals surface area (Å²) in [7, 11) is 0. The molecule has 0 saturated carbocycles. The first-order valence-electron chi connectivity index (χ1n) is 7.22. The Morgan fingerprint density at radius 3 is 2.62 bits per heavy atom. The summed E-state index contributed by atoms with van der Waals surface area (Å²) in [6.07, 6.45) is 7.43. The Morgan fingerprint density at radius 1 is 1.24 bits per heavy atom. The molecule has 0 spiro atoms. The summed E-state index contributed by atoms with van der Waals surface area (Å²) in [6, 6.07) is 5.30. The van der Waals surface area contributed by atoms with E-state index in [1.165, 1.54) is 19.3 Å². The van der Waals surface area contributed by atoms with Gasteiger partial charge in [0.2, 0.25) is 0 Å². The Kier molecular flexibility index (Phi) is 7.69. The first kappa shape index (κ1) is 17.4. The average molecular weight is 312 g/mol. The quantitative estimate of drug-likeness (QED) is 0.660. The van der Waals surface area contributed by atoms with Crippen molar-refractivity contribution in [2.75, 3.05) is 0 Å². The van der Waals surface area contributed by atoms with Crippen LogP contribution in [0.5, 0.6) is 5.75 Å². The molecule has 0 unspecified atom stereocenters. The van der Waals surface area contributed by atoms with Crippen molar-refractivity contribution in [2.24, 2.45) is 0 Å². The third kappa shape index (κ3) is 6.54. The molecule has 21 heavy (non-hydrogen) atoms. The fraction of sp³-hybridized carbons (Fsp3) is 0.438. The molecule has 0 radical (unpaired) electrons. The van der Waals surface area contributed by atoms with Gasteiger partial charge in [-0.1, -0.05) is 44.2 Å². The van der Waals surface area contributed by atoms with E-state index < -0.39 is 5.97 Å². The second-order valence-electron chi connectivity index (χ2n) is 4.92. The third-order valence-electron chi connectivity index (χ3n) is 3.12. The number of hydrogen-bond donors (Lipinski definition) is 3. The van der Waals surface area contributed by atoms with Crippen LogP contribution in [-0.4, -0.2) is 21.2 Å². The number of fused-ring (bicyclic) bond motifs is 1. The predicted molar refractivity (Wildman–Crippen MR) is 86.0 cm³/mol. The van der Waals surface area contributed by atoms with E-state index in [4.69, 9.17) is 16.7 Å². The molecule has 3 N–H and O–H groups in total. The van der Waals surface area contributed by atoms with Crippen molar-refractivity contribution >= 4 is 28.5 Å². The highest BCUT2D eigenvalue weighted by Crippen LogP contribution is 2.25. The van der Waals surface area contributed by atoms with Crippen molar-refractivity contribution in [3.63, 3.8) is 0 Å². The van der Waals surface area contributed by atoms with Gasteiger partial charge in [0.05, 0.1) is 5.52 Å². The Balaban J connectivity index is 0.000000212. The number of benzene rings is 1. The number of H-pyrrole nitrogens is 1. The first-order valence-corrected chi connectivity index (χ1v) is 7.59. The molecule has 2 rings (SSSR count). The van der Waals surface area contributed by atoms with E-state index in [9.17, 15) is 9.90 Å². The lowest BCUT2D eigenvalue weighted by molar-refractivity contribution is -0.137. The van der Waals surface area contributed by atoms with Crippen LogP contribution in [0.15, 0.2) is 24.4 Å². The number of rotatable bonds is 6. The molecule has 0 fully saturated rings. The second-order valence-corrected chi connectivity index (χ2v) is 5.36. The van der Waals surface area contributed by atoms with Gasteiger partial charge in [-0.25, -0.2) is 0 Å². The molecule has 0 aliphatic rings. The predicted octanol–water partition coefficient (Wildman–Crippen LogP) is 4.96. The highest BCUT2D eigenvalue weighted by molar-refractivity contribution is 6.31. The molecule has 0 amide bonds. The lowest BCUT2D eigenvalue weighted by Gasteiger charge is -1.95. The van der Waals surface area contributed by atoms with Gasteiger partial charge in [0.1, 0.15) is 5.75 Å². The zero-order valence-electron chi connectivity index (χ0n) is 12.2. The molecule has 1 aromatic carbocycles. The molecule has 0 aliphatic carbocycles. The van der Waals surface area contributed by atoms with Crippen molar-refractivity contribution in [2.45, 2.75) is 45.4 Å². The number of carboxylic acid groups (broad SMARTS) is 1. The molecule has 1 heterocycles. The minimum Gasteiger partial charge on any atom is -0.506 e. The van der Waals surface area contributed by atoms with Crippen molar-refractivity contribution in [1.29, 1.82) is 0 Å². The normalized spacial score (nSPS) is 10.2. The number of aromatic hydroxyl groups is 1. The monoisotopic (exact) mass is 311 g/mol. The van der Waals surface area contributed by atoms with Crippen molar-refractivity contribution in [3.05, 3.63) is 29.4 Å². The number of hydrogen-bond acceptors (Lipinski definition) is 2. The maximum Gasteiger partial charge on any atom is 0.303 e. The lowest BCUT2D eigenvalue weighted by Crippen LogP contribution is -1.93. The van der Waals surface area contributed by atoms with Crippen LogP contribution in [0, 0.1) is 0 Å². The van der Waals surface area contributed by atoms with Gasteiger partial charge < -0.3 is 15.2 Å². The maximum absolute atomic E-state index is 10.0. The van der Waals surface area contributed by atoms with Crippen LogP contribution < -0.4 is 0 Å². The Hall–Kier alpha value is -1.68. The van der Waals surface area contributed by atoms with Gasteiger partial charge in [-0.3, -0.25) is 4.79 Å². The number of aromatic amines is 1. The number of aromatic nitrogens is 1. The standard InChI is InChI=1S/C8H6ClNO.C8H16O2/c9-5-1-2-6-7(3-5)10-4-8(6)11;1-2-3-4-5-6-7-8(9)10/h1-4,10-11H;2-7H2,1H3,(H,9,10). The fourth-order valence-electron chi connectivity index (χ4n) is 1.96. The summed E-state index contributed by atoms with van der Waals surface area (Å²) < 4.78 is 0. The third-order valence-corrected chi connectivity index (χ3v) is 3.35. The van der Waals surface area contributed by atoms with Crippen LogP contribution in [0.3, 0.4) is 0 Å². The number of aliphatic carboxylic acids is 1. The number of halogens is 1. The van der Waals surface area contributed by atoms with Crippen LogP contribution >= 0.6 is 11.6 Å². The highest BCUT2D eigenvalue weighted by Gasteiger charge is 2.00. The molecule has 0 aliphatic heterocycles. The minimum atomic E-state index is -0.670. The van der Waals surface area contributed by atoms with Crippen LogP contribution in [0.1, 0.15) is 45.4 Å². The summed E-state index contributed by atoms with van der Waals surface area (Å²) in [5.41, 5.74) is 0.856. The van der Waals surface area contributed by atoms with Crippen LogP contribution in [0.4, 0.5) is 0 Å². The molecule has 4 nitrogen and oxygen atoms in total. The van der Waals surface area contributed by atoms with Crippen LogP contribution in [-0.2, 0) is 4.79 Å². The summed E-state index contributed by atoms with van der Waals surface area (Å²) in [4.78, 5) is 12.9. The van der Waals surface area contributed by atoms with Gasteiger partial charge in [-0.05, 0) is 24.6 Å². The van der Waals surface area contributed by atoms with Crippen molar-refractivity contribution in [3.8, 4) is 5.75 Å². The molecular formula is C16H22ClNO3. The van der Waals surface area contributed by atoms with E-state index >= 15 is 0 Å². The SMILES string of the molecule is CCCCCCCC(=O)O.Oc1c[nH]c2cc(Cl)ccc12. The smallest absolute Gasteiger partial charge is 0.303 e. The van der Waals surface area contributed by atoms with Crippen LogP contribution in [0.2, 0.25) is 5.02 Å². The summed E-state index contributed by atoms with van der Waals surface area (Å²) in [6.45, 7) is 2.15. The number of unbranched alkanes of at least 4 members (excludes halogenated alkanes) is 4. The number of nitrogens with one attached hydrogen (secondary N) is 1. The van der Waals surface area contributed by atoms with Crippen LogP contribution in [0.25, 0.3) is 10.9 Å². The van der Waals surface area contributed by atoms with Gasteiger partial charge in [-0.2, -0.15) is 0 Å². The first-order chi connectivity index (χ1) is 10.0. The molecule has 2 aromatic rings. The van der Waals surface area contributed by atoms with E-state index in [1.54, 1.807) is 24.4 Å². The Bertz CT molecular complexity index is 566. The Labute approximate surface area is 129 Å². The molecule has 0 saturated heterocycles. The molecule has 116 valence electrons. The van der Waals surface area contributed by atoms with Gasteiger partial charge in [0.25, 0.3) is 0 Å². The summed E-state index contributed by atoms with van der Waals surface area (Å²) in [5.74, 6) is -0.409. The van der Waals surface area contributed by atoms with Gasteiger partial charge >= 0.3 is 5.97 Å². The lowest BCUT2D eigenvalue weighted by atomic mass is 10.1. The summed E-state index contributed by atoms with van der Waals surface area (Å²) in [5, 5.41) is 19.0. The molecular weight excluding hydrogens is 290 g/mol. The second kappa shape index (κ2) is 9.29. The zero-order valence-corrected chi connectivity index (χ0v) is 13.0. The van der Waals surface area contributed by atoms with Crippen molar-refractivity contribution < 1.29 is 15.0 Å². The number of carboxylic acids is 1. The van der Waals surface area contributed by atoms with Gasteiger partial charge in [-0.15, -0.1) is 0 Å². The number of carbonyl (C=O) groups is 1. The fourth-order valence-corrected chi connectivity index (χ4v) is 2.13. The van der Waals surface area contributed by atoms with Gasteiger partial charge in [0, 0.05) is 23.0 Å². The van der Waals surface area contributed by atoms with E-state index in [-0.39, 0.29) is 5.75 Å². The highest BCUT2D eigenvalue weighted by atomic mass is 35.5. The zero-order chi connectivity index (χ0) is 15.7. The molecule has 5 heteroatoms. The van der Waals surface area contributed by atoms with Crippen molar-refractivity contribution in [1.82, 2.24) is 4.98 Å². The maximum atomic E-state index is 10.0. The Morgan fingerprint density at radius 2 is 1.95 bits per heavy atom. The minimum absolute atomic E-state index is 0.261. The van der Waals surface area contributed by atoms with E-state index in [2.05, 4.69) is 11.9 Å².